The first-order valence-electron chi connectivity index (χ1n) is 4.68. The molecule has 0 spiro atoms. The van der Waals surface area contributed by atoms with Crippen molar-refractivity contribution >= 4 is 17.7 Å². The van der Waals surface area contributed by atoms with Crippen molar-refractivity contribution in [2.24, 2.45) is 0 Å². The lowest BCUT2D eigenvalue weighted by Crippen LogP contribution is -2.65. The summed E-state index contributed by atoms with van der Waals surface area (Å²) in [6.07, 6.45) is 2.92. The van der Waals surface area contributed by atoms with Gasteiger partial charge in [-0.1, -0.05) is 6.08 Å². The van der Waals surface area contributed by atoms with Crippen molar-refractivity contribution in [2.75, 3.05) is 6.54 Å². The average molecular weight is 210 g/mol. The Morgan fingerprint density at radius 1 is 1.47 bits per heavy atom. The summed E-state index contributed by atoms with van der Waals surface area (Å²) in [6, 6.07) is 0. The van der Waals surface area contributed by atoms with E-state index in [2.05, 4.69) is 5.32 Å². The highest BCUT2D eigenvalue weighted by molar-refractivity contribution is 6.07. The summed E-state index contributed by atoms with van der Waals surface area (Å²) in [7, 11) is 0. The number of rotatable bonds is 1. The molecule has 0 saturated carbocycles. The number of nitrogens with zero attached hydrogens (tertiary/aromatic N) is 1. The number of allylic oxidation sites excluding steroid dienone is 1. The normalized spacial score (nSPS) is 20.6. The highest BCUT2D eigenvalue weighted by atomic mass is 16.2. The second-order valence-corrected chi connectivity index (χ2v) is 3.86. The van der Waals surface area contributed by atoms with Gasteiger partial charge in [-0.3, -0.25) is 19.7 Å². The van der Waals surface area contributed by atoms with Crippen LogP contribution >= 0.6 is 0 Å². The maximum Gasteiger partial charge on any atom is 0.252 e. The van der Waals surface area contributed by atoms with E-state index in [9.17, 15) is 14.4 Å². The van der Waals surface area contributed by atoms with Gasteiger partial charge in [0.1, 0.15) is 12.1 Å². The first-order valence-corrected chi connectivity index (χ1v) is 4.68. The van der Waals surface area contributed by atoms with E-state index < -0.39 is 17.4 Å². The van der Waals surface area contributed by atoms with Crippen LogP contribution in [-0.2, 0) is 14.4 Å². The van der Waals surface area contributed by atoms with Crippen LogP contribution in [0.4, 0.5) is 0 Å². The van der Waals surface area contributed by atoms with Gasteiger partial charge in [0.05, 0.1) is 0 Å². The fourth-order valence-corrected chi connectivity index (χ4v) is 1.37. The van der Waals surface area contributed by atoms with Gasteiger partial charge in [-0.05, 0) is 26.8 Å². The smallest absolute Gasteiger partial charge is 0.252 e. The Morgan fingerprint density at radius 2 is 2.07 bits per heavy atom. The zero-order valence-corrected chi connectivity index (χ0v) is 9.03. The standard InChI is InChI=1S/C10H14N2O3/c1-4-5-8(14)12-6-7(13)11-9(15)10(12,2)3/h4-5H,6H2,1-3H3,(H,11,13,15). The van der Waals surface area contributed by atoms with Crippen LogP contribution in [0.5, 0.6) is 0 Å². The summed E-state index contributed by atoms with van der Waals surface area (Å²) in [5, 5.41) is 2.20. The van der Waals surface area contributed by atoms with E-state index in [4.69, 9.17) is 0 Å². The molecule has 0 aromatic rings. The van der Waals surface area contributed by atoms with Crippen LogP contribution in [0.2, 0.25) is 0 Å². The van der Waals surface area contributed by atoms with Gasteiger partial charge in [-0.15, -0.1) is 0 Å². The third-order valence-electron chi connectivity index (χ3n) is 2.36. The molecule has 3 amide bonds. The number of carbonyl (C=O) groups excluding carboxylic acids is 3. The molecule has 0 atom stereocenters. The summed E-state index contributed by atoms with van der Waals surface area (Å²) >= 11 is 0. The lowest BCUT2D eigenvalue weighted by Gasteiger charge is -2.39. The van der Waals surface area contributed by atoms with Crippen LogP contribution in [0.3, 0.4) is 0 Å². The van der Waals surface area contributed by atoms with E-state index in [1.165, 1.54) is 11.0 Å². The van der Waals surface area contributed by atoms with Crippen LogP contribution in [0, 0.1) is 0 Å². The summed E-state index contributed by atoms with van der Waals surface area (Å²) in [4.78, 5) is 35.5. The molecule has 1 aliphatic heterocycles. The van der Waals surface area contributed by atoms with E-state index in [1.54, 1.807) is 26.8 Å². The quantitative estimate of drug-likeness (QED) is 0.482. The SMILES string of the molecule is CC=CC(=O)N1CC(=O)NC(=O)C1(C)C. The molecule has 82 valence electrons. The molecular weight excluding hydrogens is 196 g/mol. The molecule has 1 N–H and O–H groups in total. The van der Waals surface area contributed by atoms with Crippen LogP contribution in [0.15, 0.2) is 12.2 Å². The fourth-order valence-electron chi connectivity index (χ4n) is 1.37. The van der Waals surface area contributed by atoms with Crippen LogP contribution < -0.4 is 5.32 Å². The van der Waals surface area contributed by atoms with Gasteiger partial charge in [0.25, 0.3) is 5.91 Å². The maximum atomic E-state index is 11.6. The molecule has 0 aromatic carbocycles. The molecule has 1 fully saturated rings. The first kappa shape index (κ1) is 11.4. The summed E-state index contributed by atoms with van der Waals surface area (Å²) in [5.41, 5.74) is -0.982. The molecule has 0 aliphatic carbocycles. The lowest BCUT2D eigenvalue weighted by molar-refractivity contribution is -0.153. The van der Waals surface area contributed by atoms with E-state index in [-0.39, 0.29) is 12.5 Å². The summed E-state index contributed by atoms with van der Waals surface area (Å²) < 4.78 is 0. The lowest BCUT2D eigenvalue weighted by atomic mass is 9.98. The predicted octanol–water partition coefficient (Wildman–Crippen LogP) is -0.174. The largest absolute Gasteiger partial charge is 0.316 e. The van der Waals surface area contributed by atoms with Gasteiger partial charge in [0, 0.05) is 0 Å². The Kier molecular flexibility index (Phi) is 2.93. The molecule has 0 unspecified atom stereocenters. The number of hydrogen-bond donors (Lipinski definition) is 1. The molecule has 5 heteroatoms. The molecule has 1 heterocycles. The monoisotopic (exact) mass is 210 g/mol. The molecule has 0 aromatic heterocycles. The Hall–Kier alpha value is -1.65. The van der Waals surface area contributed by atoms with Crippen molar-refractivity contribution in [1.29, 1.82) is 0 Å². The van der Waals surface area contributed by atoms with Gasteiger partial charge in [0.2, 0.25) is 11.8 Å². The Labute approximate surface area is 88.1 Å². The summed E-state index contributed by atoms with van der Waals surface area (Å²) in [6.45, 7) is 4.84. The highest BCUT2D eigenvalue weighted by Gasteiger charge is 2.42. The molecule has 15 heavy (non-hydrogen) atoms. The molecule has 0 radical (unpaired) electrons. The van der Waals surface area contributed by atoms with Gasteiger partial charge in [0.15, 0.2) is 0 Å². The van der Waals surface area contributed by atoms with Crippen molar-refractivity contribution in [2.45, 2.75) is 26.3 Å². The van der Waals surface area contributed by atoms with Gasteiger partial charge >= 0.3 is 0 Å². The van der Waals surface area contributed by atoms with Crippen molar-refractivity contribution in [1.82, 2.24) is 10.2 Å². The number of nitrogens with one attached hydrogen (secondary N) is 1. The van der Waals surface area contributed by atoms with Crippen molar-refractivity contribution in [3.63, 3.8) is 0 Å². The van der Waals surface area contributed by atoms with Crippen molar-refractivity contribution < 1.29 is 14.4 Å². The minimum absolute atomic E-state index is 0.0814. The molecule has 1 saturated heterocycles. The van der Waals surface area contributed by atoms with E-state index >= 15 is 0 Å². The number of carbonyl (C=O) groups is 3. The number of amides is 3. The number of piperazine rings is 1. The minimum Gasteiger partial charge on any atom is -0.316 e. The topological polar surface area (TPSA) is 66.5 Å². The van der Waals surface area contributed by atoms with Gasteiger partial charge in [-0.25, -0.2) is 0 Å². The highest BCUT2D eigenvalue weighted by Crippen LogP contribution is 2.18. The molecule has 0 bridgehead atoms. The minimum atomic E-state index is -0.982. The van der Waals surface area contributed by atoms with Gasteiger partial charge < -0.3 is 4.90 Å². The van der Waals surface area contributed by atoms with Gasteiger partial charge in [-0.2, -0.15) is 0 Å². The van der Waals surface area contributed by atoms with Crippen molar-refractivity contribution in [3.05, 3.63) is 12.2 Å². The summed E-state index contributed by atoms with van der Waals surface area (Å²) in [5.74, 6) is -1.22. The third kappa shape index (κ3) is 2.06. The second kappa shape index (κ2) is 3.84. The third-order valence-corrected chi connectivity index (χ3v) is 2.36. The zero-order valence-electron chi connectivity index (χ0n) is 9.03. The molecule has 1 rings (SSSR count). The Bertz CT molecular complexity index is 345. The molecule has 5 nitrogen and oxygen atoms in total. The Morgan fingerprint density at radius 3 is 2.60 bits per heavy atom. The Balaban J connectivity index is 2.98. The van der Waals surface area contributed by atoms with Crippen LogP contribution in [0.25, 0.3) is 0 Å². The number of imide groups is 1. The number of hydrogen-bond acceptors (Lipinski definition) is 3. The van der Waals surface area contributed by atoms with E-state index in [1.807, 2.05) is 0 Å². The second-order valence-electron chi connectivity index (χ2n) is 3.86. The van der Waals surface area contributed by atoms with Crippen LogP contribution in [-0.4, -0.2) is 34.7 Å². The predicted molar refractivity (Wildman–Crippen MR) is 53.8 cm³/mol. The average Bonchev–Trinajstić information content (AvgIpc) is 2.12. The maximum absolute atomic E-state index is 11.6. The first-order chi connectivity index (χ1) is 6.89. The van der Waals surface area contributed by atoms with Crippen LogP contribution in [0.1, 0.15) is 20.8 Å². The fraction of sp³-hybridized carbons (Fsp3) is 0.500. The molecule has 1 aliphatic rings. The van der Waals surface area contributed by atoms with E-state index in [0.717, 1.165) is 0 Å². The molecular formula is C10H14N2O3. The van der Waals surface area contributed by atoms with E-state index in [0.29, 0.717) is 0 Å². The zero-order chi connectivity index (χ0) is 11.6. The van der Waals surface area contributed by atoms with Crippen molar-refractivity contribution in [3.8, 4) is 0 Å².